The molecule has 0 bridgehead atoms. The molecule has 1 aliphatic rings. The Morgan fingerprint density at radius 1 is 0.489 bits per heavy atom. The summed E-state index contributed by atoms with van der Waals surface area (Å²) < 4.78 is 6.45. The standard InChI is InChI=1S/C41H27N3O/c1-3-11-26(12-4-1)39-42-40(27-13-5-2-6-14-27)44-41(43-39)30-20-22-37-36(24-30)34-21-19-29(25-38(34)45-37)35-23-28-15-7-8-16-31(28)32-17-9-10-18-33(32)35/h1-25,39H,(H,42,43,44). The Labute approximate surface area is 260 Å². The maximum Gasteiger partial charge on any atom is 0.159 e. The number of rotatable bonds is 4. The van der Waals surface area contributed by atoms with Gasteiger partial charge in [-0.1, -0.05) is 115 Å². The number of nitrogens with one attached hydrogen (secondary N) is 1. The van der Waals surface area contributed by atoms with Gasteiger partial charge in [-0.2, -0.15) is 0 Å². The van der Waals surface area contributed by atoms with Gasteiger partial charge in [0.05, 0.1) is 0 Å². The average Bonchev–Trinajstić information content (AvgIpc) is 3.49. The van der Waals surface area contributed by atoms with Crippen LogP contribution in [0.1, 0.15) is 22.9 Å². The molecular weight excluding hydrogens is 550 g/mol. The first-order valence-electron chi connectivity index (χ1n) is 15.2. The van der Waals surface area contributed by atoms with Crippen molar-refractivity contribution in [1.82, 2.24) is 5.32 Å². The minimum absolute atomic E-state index is 0.245. The van der Waals surface area contributed by atoms with Crippen LogP contribution in [0.25, 0.3) is 54.6 Å². The minimum Gasteiger partial charge on any atom is -0.456 e. The van der Waals surface area contributed by atoms with Gasteiger partial charge in [-0.15, -0.1) is 0 Å². The fourth-order valence-electron chi connectivity index (χ4n) is 6.50. The zero-order valence-corrected chi connectivity index (χ0v) is 24.3. The van der Waals surface area contributed by atoms with Crippen LogP contribution in [0.2, 0.25) is 0 Å². The Morgan fingerprint density at radius 2 is 1.20 bits per heavy atom. The second-order valence-corrected chi connectivity index (χ2v) is 11.5. The third-order valence-corrected chi connectivity index (χ3v) is 8.71. The molecule has 0 fully saturated rings. The number of furan rings is 1. The van der Waals surface area contributed by atoms with Crippen molar-refractivity contribution in [2.75, 3.05) is 0 Å². The summed E-state index contributed by atoms with van der Waals surface area (Å²) in [5.41, 5.74) is 7.11. The molecule has 45 heavy (non-hydrogen) atoms. The van der Waals surface area contributed by atoms with E-state index in [4.69, 9.17) is 14.4 Å². The van der Waals surface area contributed by atoms with Crippen molar-refractivity contribution in [2.45, 2.75) is 6.17 Å². The zero-order valence-electron chi connectivity index (χ0n) is 24.3. The van der Waals surface area contributed by atoms with Crippen LogP contribution in [-0.4, -0.2) is 11.7 Å². The molecule has 0 saturated heterocycles. The first-order valence-corrected chi connectivity index (χ1v) is 15.2. The average molecular weight is 578 g/mol. The topological polar surface area (TPSA) is 49.9 Å². The molecule has 7 aromatic carbocycles. The van der Waals surface area contributed by atoms with Crippen LogP contribution in [-0.2, 0) is 0 Å². The number of nitrogens with zero attached hydrogens (tertiary/aromatic N) is 2. The molecule has 2 heterocycles. The first-order chi connectivity index (χ1) is 22.3. The van der Waals surface area contributed by atoms with Crippen molar-refractivity contribution < 1.29 is 4.42 Å². The van der Waals surface area contributed by atoms with Gasteiger partial charge >= 0.3 is 0 Å². The van der Waals surface area contributed by atoms with Crippen molar-refractivity contribution in [3.8, 4) is 11.1 Å². The molecule has 4 heteroatoms. The van der Waals surface area contributed by atoms with Gasteiger partial charge in [0.2, 0.25) is 0 Å². The van der Waals surface area contributed by atoms with Gasteiger partial charge in [0, 0.05) is 21.9 Å². The highest BCUT2D eigenvalue weighted by Gasteiger charge is 2.22. The predicted molar refractivity (Wildman–Crippen MR) is 186 cm³/mol. The molecule has 1 aromatic heterocycles. The number of amidine groups is 2. The Bertz CT molecular complexity index is 2460. The maximum atomic E-state index is 6.45. The van der Waals surface area contributed by atoms with Gasteiger partial charge in [-0.05, 0) is 74.6 Å². The van der Waals surface area contributed by atoms with E-state index in [0.29, 0.717) is 5.84 Å². The highest BCUT2D eigenvalue weighted by Crippen LogP contribution is 2.38. The lowest BCUT2D eigenvalue weighted by Crippen LogP contribution is -2.33. The smallest absolute Gasteiger partial charge is 0.159 e. The number of fused-ring (bicyclic) bond motifs is 6. The molecule has 0 saturated carbocycles. The molecule has 0 amide bonds. The molecule has 0 radical (unpaired) electrons. The summed E-state index contributed by atoms with van der Waals surface area (Å²) in [6, 6.07) is 52.8. The zero-order chi connectivity index (χ0) is 29.7. The second kappa shape index (κ2) is 10.3. The fourth-order valence-corrected chi connectivity index (χ4v) is 6.50. The van der Waals surface area contributed by atoms with Crippen LogP contribution < -0.4 is 5.32 Å². The Balaban J connectivity index is 1.15. The summed E-state index contributed by atoms with van der Waals surface area (Å²) >= 11 is 0. The third-order valence-electron chi connectivity index (χ3n) is 8.71. The highest BCUT2D eigenvalue weighted by molar-refractivity contribution is 6.17. The van der Waals surface area contributed by atoms with Crippen LogP contribution in [0.15, 0.2) is 166 Å². The highest BCUT2D eigenvalue weighted by atomic mass is 16.3. The molecule has 1 aliphatic heterocycles. The summed E-state index contributed by atoms with van der Waals surface area (Å²) in [7, 11) is 0. The van der Waals surface area contributed by atoms with Crippen LogP contribution in [0.4, 0.5) is 0 Å². The second-order valence-electron chi connectivity index (χ2n) is 11.5. The van der Waals surface area contributed by atoms with E-state index in [-0.39, 0.29) is 6.17 Å². The van der Waals surface area contributed by atoms with Gasteiger partial charge in [0.15, 0.2) is 5.84 Å². The summed E-state index contributed by atoms with van der Waals surface area (Å²) in [5, 5.41) is 10.7. The third kappa shape index (κ3) is 4.38. The van der Waals surface area contributed by atoms with E-state index in [1.807, 2.05) is 42.5 Å². The van der Waals surface area contributed by atoms with Crippen LogP contribution in [0.3, 0.4) is 0 Å². The largest absolute Gasteiger partial charge is 0.456 e. The lowest BCUT2D eigenvalue weighted by Gasteiger charge is -2.23. The first kappa shape index (κ1) is 25.5. The maximum absolute atomic E-state index is 6.45. The summed E-state index contributed by atoms with van der Waals surface area (Å²) in [4.78, 5) is 9.98. The molecule has 1 atom stereocenters. The van der Waals surface area contributed by atoms with Crippen molar-refractivity contribution in [3.63, 3.8) is 0 Å². The van der Waals surface area contributed by atoms with Crippen molar-refractivity contribution in [3.05, 3.63) is 168 Å². The van der Waals surface area contributed by atoms with E-state index in [0.717, 1.165) is 50.0 Å². The number of aliphatic imine (C=N–C) groups is 2. The van der Waals surface area contributed by atoms with Crippen molar-refractivity contribution in [1.29, 1.82) is 0 Å². The Kier molecular flexibility index (Phi) is 5.85. The molecule has 4 nitrogen and oxygen atoms in total. The molecule has 8 aromatic rings. The van der Waals surface area contributed by atoms with Crippen molar-refractivity contribution >= 4 is 55.2 Å². The lowest BCUT2D eigenvalue weighted by atomic mass is 9.93. The van der Waals surface area contributed by atoms with Crippen molar-refractivity contribution in [2.24, 2.45) is 9.98 Å². The van der Waals surface area contributed by atoms with Crippen LogP contribution >= 0.6 is 0 Å². The molecule has 212 valence electrons. The number of benzene rings is 7. The monoisotopic (exact) mass is 577 g/mol. The lowest BCUT2D eigenvalue weighted by molar-refractivity contribution is 0.668. The normalized spacial score (nSPS) is 14.9. The number of hydrogen-bond acceptors (Lipinski definition) is 4. The van der Waals surface area contributed by atoms with Gasteiger partial charge in [-0.3, -0.25) is 0 Å². The van der Waals surface area contributed by atoms with E-state index >= 15 is 0 Å². The summed E-state index contributed by atoms with van der Waals surface area (Å²) in [6.07, 6.45) is -0.245. The van der Waals surface area contributed by atoms with Crippen LogP contribution in [0, 0.1) is 0 Å². The van der Waals surface area contributed by atoms with E-state index in [2.05, 4.69) is 115 Å². The van der Waals surface area contributed by atoms with E-state index in [1.54, 1.807) is 0 Å². The fraction of sp³-hybridized carbons (Fsp3) is 0.0244. The molecular formula is C41H27N3O. The van der Waals surface area contributed by atoms with E-state index in [1.165, 1.54) is 27.1 Å². The SMILES string of the molecule is c1ccc(C2=NC(c3ccccc3)NC(c3ccc4oc5cc(-c6cc7ccccc7c7ccccc67)ccc5c4c3)=N2)cc1. The minimum atomic E-state index is -0.245. The van der Waals surface area contributed by atoms with E-state index in [9.17, 15) is 0 Å². The quantitative estimate of drug-likeness (QED) is 0.212. The van der Waals surface area contributed by atoms with Gasteiger partial charge in [-0.25, -0.2) is 9.98 Å². The Hall–Kier alpha value is -6.00. The van der Waals surface area contributed by atoms with Gasteiger partial charge < -0.3 is 9.73 Å². The predicted octanol–water partition coefficient (Wildman–Crippen LogP) is 10.1. The molecule has 1 unspecified atom stereocenters. The number of hydrogen-bond donors (Lipinski definition) is 1. The molecule has 0 spiro atoms. The van der Waals surface area contributed by atoms with E-state index < -0.39 is 0 Å². The van der Waals surface area contributed by atoms with Crippen LogP contribution in [0.5, 0.6) is 0 Å². The van der Waals surface area contributed by atoms with Gasteiger partial charge in [0.25, 0.3) is 0 Å². The summed E-state index contributed by atoms with van der Waals surface area (Å²) in [5.74, 6) is 1.50. The summed E-state index contributed by atoms with van der Waals surface area (Å²) in [6.45, 7) is 0. The Morgan fingerprint density at radius 3 is 2.04 bits per heavy atom. The molecule has 0 aliphatic carbocycles. The molecule has 1 N–H and O–H groups in total. The van der Waals surface area contributed by atoms with Gasteiger partial charge in [0.1, 0.15) is 23.2 Å². The molecule has 9 rings (SSSR count).